The molecule has 18 heavy (non-hydrogen) atoms. The number of amides is 1. The molecule has 1 amide bonds. The van der Waals surface area contributed by atoms with E-state index in [1.54, 1.807) is 12.3 Å². The van der Waals surface area contributed by atoms with E-state index >= 15 is 0 Å². The Hall–Kier alpha value is -1.42. The summed E-state index contributed by atoms with van der Waals surface area (Å²) in [5, 5.41) is 3.01. The molecule has 1 heterocycles. The fraction of sp³-hybridized carbons (Fsp3) is 0.571. The maximum Gasteiger partial charge on any atom is 0.253 e. The Bertz CT molecular complexity index is 419. The highest BCUT2D eigenvalue weighted by Gasteiger charge is 2.26. The van der Waals surface area contributed by atoms with Crippen molar-refractivity contribution in [2.24, 2.45) is 17.6 Å². The molecule has 1 fully saturated rings. The predicted molar refractivity (Wildman–Crippen MR) is 71.2 cm³/mol. The summed E-state index contributed by atoms with van der Waals surface area (Å²) in [7, 11) is 0. The molecule has 0 bridgehead atoms. The lowest BCUT2D eigenvalue weighted by atomic mass is 9.96. The predicted octanol–water partition coefficient (Wildman–Crippen LogP) is 1.49. The van der Waals surface area contributed by atoms with Crippen molar-refractivity contribution < 1.29 is 4.79 Å². The van der Waals surface area contributed by atoms with Gasteiger partial charge in [0.1, 0.15) is 0 Å². The van der Waals surface area contributed by atoms with Crippen molar-refractivity contribution in [3.05, 3.63) is 29.6 Å². The normalized spacial score (nSPS) is 23.0. The molecule has 0 aliphatic heterocycles. The number of hydrogen-bond donors (Lipinski definition) is 2. The van der Waals surface area contributed by atoms with E-state index in [2.05, 4.69) is 10.3 Å². The van der Waals surface area contributed by atoms with Gasteiger partial charge < -0.3 is 11.1 Å². The van der Waals surface area contributed by atoms with Gasteiger partial charge in [0.05, 0.1) is 5.56 Å². The second-order valence-corrected chi connectivity index (χ2v) is 5.03. The molecule has 1 saturated carbocycles. The topological polar surface area (TPSA) is 68.0 Å². The van der Waals surface area contributed by atoms with Crippen LogP contribution in [-0.4, -0.2) is 24.0 Å². The molecule has 4 nitrogen and oxygen atoms in total. The highest BCUT2D eigenvalue weighted by atomic mass is 16.1. The number of nitrogens with two attached hydrogens (primary N) is 1. The van der Waals surface area contributed by atoms with Gasteiger partial charge in [-0.25, -0.2) is 0 Å². The van der Waals surface area contributed by atoms with E-state index in [0.29, 0.717) is 17.4 Å². The molecule has 0 radical (unpaired) electrons. The van der Waals surface area contributed by atoms with Gasteiger partial charge in [0.2, 0.25) is 0 Å². The Morgan fingerprint density at radius 3 is 3.00 bits per heavy atom. The van der Waals surface area contributed by atoms with E-state index in [-0.39, 0.29) is 5.91 Å². The average molecular weight is 247 g/mol. The zero-order chi connectivity index (χ0) is 13.0. The molecule has 2 atom stereocenters. The second kappa shape index (κ2) is 5.96. The molecule has 1 aliphatic carbocycles. The van der Waals surface area contributed by atoms with Crippen molar-refractivity contribution in [1.29, 1.82) is 0 Å². The lowest BCUT2D eigenvalue weighted by Crippen LogP contribution is -2.33. The molecular formula is C14H21N3O. The number of hydrogen-bond acceptors (Lipinski definition) is 3. The maximum atomic E-state index is 12.0. The summed E-state index contributed by atoms with van der Waals surface area (Å²) < 4.78 is 0. The van der Waals surface area contributed by atoms with Crippen LogP contribution in [0.4, 0.5) is 0 Å². The van der Waals surface area contributed by atoms with Crippen LogP contribution in [0.2, 0.25) is 0 Å². The second-order valence-electron chi connectivity index (χ2n) is 5.03. The van der Waals surface area contributed by atoms with Gasteiger partial charge in [-0.2, -0.15) is 0 Å². The lowest BCUT2D eigenvalue weighted by molar-refractivity contribution is 0.0943. The number of aromatic nitrogens is 1. The Balaban J connectivity index is 1.91. The van der Waals surface area contributed by atoms with E-state index in [4.69, 9.17) is 5.73 Å². The summed E-state index contributed by atoms with van der Waals surface area (Å²) in [5.74, 6) is 1.08. The minimum Gasteiger partial charge on any atom is -0.352 e. The summed E-state index contributed by atoms with van der Waals surface area (Å²) >= 11 is 0. The molecule has 1 aromatic heterocycles. The molecule has 0 saturated heterocycles. The first-order valence-corrected chi connectivity index (χ1v) is 6.62. The highest BCUT2D eigenvalue weighted by Crippen LogP contribution is 2.30. The third-order valence-electron chi connectivity index (χ3n) is 3.90. The summed E-state index contributed by atoms with van der Waals surface area (Å²) in [4.78, 5) is 16.2. The third-order valence-corrected chi connectivity index (χ3v) is 3.90. The summed E-state index contributed by atoms with van der Waals surface area (Å²) in [5.41, 5.74) is 7.18. The van der Waals surface area contributed by atoms with Gasteiger partial charge in [0, 0.05) is 18.4 Å². The molecule has 2 unspecified atom stereocenters. The summed E-state index contributed by atoms with van der Waals surface area (Å²) in [6.07, 6.45) is 5.30. The van der Waals surface area contributed by atoms with Crippen LogP contribution < -0.4 is 11.1 Å². The molecule has 0 spiro atoms. The number of nitrogens with one attached hydrogen (secondary N) is 1. The highest BCUT2D eigenvalue weighted by molar-refractivity contribution is 5.95. The van der Waals surface area contributed by atoms with Gasteiger partial charge in [-0.3, -0.25) is 9.78 Å². The molecular weight excluding hydrogens is 226 g/mol. The quantitative estimate of drug-likeness (QED) is 0.847. The van der Waals surface area contributed by atoms with Crippen LogP contribution in [0.15, 0.2) is 18.3 Å². The summed E-state index contributed by atoms with van der Waals surface area (Å²) in [6, 6.07) is 3.60. The van der Waals surface area contributed by atoms with Crippen LogP contribution in [0.5, 0.6) is 0 Å². The van der Waals surface area contributed by atoms with Crippen LogP contribution in [0.3, 0.4) is 0 Å². The van der Waals surface area contributed by atoms with Gasteiger partial charge in [0.25, 0.3) is 5.91 Å². The standard InChI is InChI=1S/C14H21N3O/c1-10-13(6-3-7-16-10)14(18)17-9-12-5-2-4-11(12)8-15/h3,6-7,11-12H,2,4-5,8-9,15H2,1H3,(H,17,18). The number of aryl methyl sites for hydroxylation is 1. The monoisotopic (exact) mass is 247 g/mol. The SMILES string of the molecule is Cc1ncccc1C(=O)NCC1CCCC1CN. The molecule has 2 rings (SSSR count). The maximum absolute atomic E-state index is 12.0. The van der Waals surface area contributed by atoms with Crippen LogP contribution in [-0.2, 0) is 0 Å². The first-order chi connectivity index (χ1) is 8.72. The van der Waals surface area contributed by atoms with Gasteiger partial charge in [0.15, 0.2) is 0 Å². The van der Waals surface area contributed by atoms with Crippen molar-refractivity contribution in [2.75, 3.05) is 13.1 Å². The van der Waals surface area contributed by atoms with Crippen molar-refractivity contribution in [1.82, 2.24) is 10.3 Å². The fourth-order valence-corrected chi connectivity index (χ4v) is 2.74. The van der Waals surface area contributed by atoms with Gasteiger partial charge in [-0.1, -0.05) is 6.42 Å². The Morgan fingerprint density at radius 1 is 1.50 bits per heavy atom. The molecule has 3 N–H and O–H groups in total. The smallest absolute Gasteiger partial charge is 0.253 e. The Labute approximate surface area is 108 Å². The van der Waals surface area contributed by atoms with E-state index in [1.165, 1.54) is 19.3 Å². The van der Waals surface area contributed by atoms with Gasteiger partial charge in [-0.05, 0) is 50.3 Å². The average Bonchev–Trinajstić information content (AvgIpc) is 2.84. The van der Waals surface area contributed by atoms with Gasteiger partial charge >= 0.3 is 0 Å². The molecule has 1 aromatic rings. The third kappa shape index (κ3) is 2.88. The minimum atomic E-state index is -0.0247. The number of carbonyl (C=O) groups is 1. The fourth-order valence-electron chi connectivity index (χ4n) is 2.74. The van der Waals surface area contributed by atoms with Crippen LogP contribution in [0.1, 0.15) is 35.3 Å². The zero-order valence-electron chi connectivity index (χ0n) is 10.9. The molecule has 0 aromatic carbocycles. The van der Waals surface area contributed by atoms with E-state index < -0.39 is 0 Å². The number of rotatable bonds is 4. The van der Waals surface area contributed by atoms with Crippen molar-refractivity contribution in [3.8, 4) is 0 Å². The van der Waals surface area contributed by atoms with Crippen LogP contribution in [0, 0.1) is 18.8 Å². The van der Waals surface area contributed by atoms with E-state index in [9.17, 15) is 4.79 Å². The molecule has 98 valence electrons. The van der Waals surface area contributed by atoms with Crippen LogP contribution in [0.25, 0.3) is 0 Å². The van der Waals surface area contributed by atoms with Gasteiger partial charge in [-0.15, -0.1) is 0 Å². The Kier molecular flexibility index (Phi) is 4.31. The first kappa shape index (κ1) is 13.0. The first-order valence-electron chi connectivity index (χ1n) is 6.62. The number of pyridine rings is 1. The lowest BCUT2D eigenvalue weighted by Gasteiger charge is -2.18. The van der Waals surface area contributed by atoms with Crippen molar-refractivity contribution >= 4 is 5.91 Å². The van der Waals surface area contributed by atoms with Crippen LogP contribution >= 0.6 is 0 Å². The van der Waals surface area contributed by atoms with E-state index in [1.807, 2.05) is 13.0 Å². The van der Waals surface area contributed by atoms with Crippen molar-refractivity contribution in [2.45, 2.75) is 26.2 Å². The minimum absolute atomic E-state index is 0.0247. The number of nitrogens with zero attached hydrogens (tertiary/aromatic N) is 1. The Morgan fingerprint density at radius 2 is 2.28 bits per heavy atom. The molecule has 1 aliphatic rings. The van der Waals surface area contributed by atoms with E-state index in [0.717, 1.165) is 18.8 Å². The summed E-state index contributed by atoms with van der Waals surface area (Å²) in [6.45, 7) is 3.31. The molecule has 4 heteroatoms. The van der Waals surface area contributed by atoms with Crippen molar-refractivity contribution in [3.63, 3.8) is 0 Å². The number of carbonyl (C=O) groups excluding carboxylic acids is 1. The zero-order valence-corrected chi connectivity index (χ0v) is 10.9. The largest absolute Gasteiger partial charge is 0.352 e.